The van der Waals surface area contributed by atoms with Gasteiger partial charge in [-0.1, -0.05) is 40.2 Å². The fraction of sp³-hybridized carbons (Fsp3) is 0.0833. The number of benzene rings is 1. The quantitative estimate of drug-likeness (QED) is 0.753. The highest BCUT2D eigenvalue weighted by Crippen LogP contribution is 2.25. The van der Waals surface area contributed by atoms with Gasteiger partial charge in [-0.25, -0.2) is 0 Å². The lowest BCUT2D eigenvalue weighted by Gasteiger charge is -2.03. The van der Waals surface area contributed by atoms with Gasteiger partial charge in [0.15, 0.2) is 0 Å². The lowest BCUT2D eigenvalue weighted by Crippen LogP contribution is -1.84. The third kappa shape index (κ3) is 1.85. The van der Waals surface area contributed by atoms with Gasteiger partial charge in [-0.3, -0.25) is 4.98 Å². The average molecular weight is 254 g/mol. The molecule has 14 heavy (non-hydrogen) atoms. The largest absolute Gasteiger partial charge is 0.256 e. The van der Waals surface area contributed by atoms with Crippen LogP contribution in [0.15, 0.2) is 47.0 Å². The molecule has 0 amide bonds. The summed E-state index contributed by atoms with van der Waals surface area (Å²) in [4.78, 5) is 3.90. The van der Waals surface area contributed by atoms with Gasteiger partial charge in [0, 0.05) is 20.3 Å². The van der Waals surface area contributed by atoms with Gasteiger partial charge in [0.25, 0.3) is 0 Å². The van der Waals surface area contributed by atoms with Crippen LogP contribution < -0.4 is 0 Å². The number of rotatable bonds is 1. The third-order valence-electron chi connectivity index (χ3n) is 1.71. The van der Waals surface area contributed by atoms with Crippen LogP contribution in [-0.2, 0) is 0 Å². The molecule has 0 saturated carbocycles. The summed E-state index contributed by atoms with van der Waals surface area (Å²) < 4.78 is 46.2. The van der Waals surface area contributed by atoms with E-state index in [1.54, 1.807) is 24.3 Å². The lowest BCUT2D eigenvalue weighted by atomic mass is 10.1. The molecule has 2 rings (SSSR count). The molecule has 0 saturated heterocycles. The predicted octanol–water partition coefficient (Wildman–Crippen LogP) is 3.82. The first kappa shape index (κ1) is 4.58. The van der Waals surface area contributed by atoms with Gasteiger partial charge in [0.2, 0.25) is 0 Å². The van der Waals surface area contributed by atoms with Gasteiger partial charge in [-0.2, -0.15) is 0 Å². The maximum atomic E-state index is 7.94. The van der Waals surface area contributed by atoms with Crippen LogP contribution in [0.25, 0.3) is 11.3 Å². The Balaban J connectivity index is 2.74. The van der Waals surface area contributed by atoms with Crippen LogP contribution in [0.2, 0.25) is 0 Å². The summed E-state index contributed by atoms with van der Waals surface area (Å²) in [7, 11) is 0. The van der Waals surface area contributed by atoms with Crippen LogP contribution in [0.5, 0.6) is 0 Å². The Morgan fingerprint density at radius 2 is 2.21 bits per heavy atom. The van der Waals surface area contributed by atoms with E-state index >= 15 is 0 Å². The zero-order valence-electron chi connectivity index (χ0n) is 13.1. The molecule has 0 spiro atoms. The first-order valence-corrected chi connectivity index (χ1v) is 4.76. The van der Waals surface area contributed by atoms with E-state index in [-0.39, 0.29) is 11.7 Å². The topological polar surface area (TPSA) is 12.9 Å². The number of hydrogen-bond donors (Lipinski definition) is 0. The van der Waals surface area contributed by atoms with E-state index in [0.717, 1.165) is 0 Å². The monoisotopic (exact) mass is 253 g/mol. The van der Waals surface area contributed by atoms with Crippen molar-refractivity contribution in [1.29, 1.82) is 0 Å². The molecule has 1 nitrogen and oxygen atoms in total. The molecule has 0 bridgehead atoms. The van der Waals surface area contributed by atoms with Crippen LogP contribution in [0.1, 0.15) is 13.8 Å². The molecular weight excluding hydrogens is 238 g/mol. The maximum absolute atomic E-state index is 7.94. The third-order valence-corrected chi connectivity index (χ3v) is 2.41. The summed E-state index contributed by atoms with van der Waals surface area (Å²) in [6.07, 6.45) is -0.489. The highest BCUT2D eigenvalue weighted by molar-refractivity contribution is 9.10. The van der Waals surface area contributed by atoms with Crippen molar-refractivity contribution < 1.29 is 8.22 Å². The Kier molecular flexibility index (Phi) is 1.28. The van der Waals surface area contributed by atoms with E-state index in [0.29, 0.717) is 10.0 Å². The van der Waals surface area contributed by atoms with Crippen molar-refractivity contribution in [3.05, 3.63) is 52.6 Å². The SMILES string of the molecule is [2H]c1nc(-c2ccccc2Br)c([2H])c([2H])c1C([2H])([2H])[2H]. The van der Waals surface area contributed by atoms with Crippen molar-refractivity contribution >= 4 is 15.9 Å². The zero-order chi connectivity index (χ0) is 15.1. The van der Waals surface area contributed by atoms with Crippen LogP contribution in [0.3, 0.4) is 0 Å². The second-order valence-electron chi connectivity index (χ2n) is 2.68. The number of nitrogens with zero attached hydrogens (tertiary/aromatic N) is 1. The van der Waals surface area contributed by atoms with Crippen molar-refractivity contribution in [2.24, 2.45) is 0 Å². The summed E-state index contributed by atoms with van der Waals surface area (Å²) in [6, 6.07) is 6.21. The summed E-state index contributed by atoms with van der Waals surface area (Å²) in [6.45, 7) is -2.62. The van der Waals surface area contributed by atoms with E-state index in [2.05, 4.69) is 20.9 Å². The van der Waals surface area contributed by atoms with E-state index in [1.807, 2.05) is 0 Å². The van der Waals surface area contributed by atoms with Crippen LogP contribution in [0.4, 0.5) is 0 Å². The Hall–Kier alpha value is -1.15. The Morgan fingerprint density at radius 3 is 3.00 bits per heavy atom. The predicted molar refractivity (Wildman–Crippen MR) is 62.1 cm³/mol. The molecule has 2 heteroatoms. The molecule has 1 heterocycles. The lowest BCUT2D eigenvalue weighted by molar-refractivity contribution is 1.27. The Morgan fingerprint density at radius 1 is 1.36 bits per heavy atom. The standard InChI is InChI=1S/C12H10BrN/c1-9-6-7-12(14-8-9)10-4-2-3-5-11(10)13/h2-8H,1H3/i1D3,6D,7D,8D. The minimum absolute atomic E-state index is 0.125. The second-order valence-corrected chi connectivity index (χ2v) is 3.53. The number of pyridine rings is 1. The van der Waals surface area contributed by atoms with Gasteiger partial charge >= 0.3 is 0 Å². The number of aromatic nitrogens is 1. The maximum Gasteiger partial charge on any atom is 0.0843 e. The van der Waals surface area contributed by atoms with Gasteiger partial charge in [-0.05, 0) is 24.5 Å². The fourth-order valence-electron chi connectivity index (χ4n) is 1.07. The van der Waals surface area contributed by atoms with E-state index in [9.17, 15) is 0 Å². The summed E-state index contributed by atoms with van der Waals surface area (Å²) in [5, 5.41) is 0. The second kappa shape index (κ2) is 3.93. The summed E-state index contributed by atoms with van der Waals surface area (Å²) in [5.74, 6) is 0. The molecule has 70 valence electrons. The van der Waals surface area contributed by atoms with E-state index in [1.165, 1.54) is 0 Å². The number of hydrogen-bond acceptors (Lipinski definition) is 1. The normalized spacial score (nSPS) is 17.2. The highest BCUT2D eigenvalue weighted by Gasteiger charge is 2.01. The first-order chi connectivity index (χ1) is 9.23. The minimum Gasteiger partial charge on any atom is -0.256 e. The molecule has 0 aliphatic heterocycles. The number of halogens is 1. The van der Waals surface area contributed by atoms with Crippen molar-refractivity contribution in [1.82, 2.24) is 4.98 Å². The van der Waals surface area contributed by atoms with Crippen molar-refractivity contribution in [2.45, 2.75) is 6.85 Å². The van der Waals surface area contributed by atoms with Gasteiger partial charge in [0.05, 0.1) is 9.81 Å². The summed E-state index contributed by atoms with van der Waals surface area (Å²) >= 11 is 3.32. The van der Waals surface area contributed by atoms with Crippen molar-refractivity contribution in [3.63, 3.8) is 0 Å². The first-order valence-electron chi connectivity index (χ1n) is 6.96. The molecule has 1 aromatic carbocycles. The van der Waals surface area contributed by atoms with Gasteiger partial charge < -0.3 is 0 Å². The molecule has 0 aliphatic rings. The molecule has 0 fully saturated rings. The molecule has 1 aromatic heterocycles. The molecule has 0 unspecified atom stereocenters. The molecule has 0 N–H and O–H groups in total. The van der Waals surface area contributed by atoms with Gasteiger partial charge in [0.1, 0.15) is 0 Å². The van der Waals surface area contributed by atoms with Crippen LogP contribution in [0, 0.1) is 6.85 Å². The zero-order valence-corrected chi connectivity index (χ0v) is 8.72. The smallest absolute Gasteiger partial charge is 0.0843 e. The highest BCUT2D eigenvalue weighted by atomic mass is 79.9. The summed E-state index contributed by atoms with van der Waals surface area (Å²) in [5.41, 5.74) is 0.190. The molecule has 0 radical (unpaired) electrons. The molecule has 0 aliphatic carbocycles. The van der Waals surface area contributed by atoms with Crippen molar-refractivity contribution in [2.75, 3.05) is 0 Å². The fourth-order valence-corrected chi connectivity index (χ4v) is 1.54. The minimum atomic E-state index is -2.62. The average Bonchev–Trinajstić information content (AvgIpc) is 2.33. The van der Waals surface area contributed by atoms with Crippen LogP contribution in [-0.4, -0.2) is 4.98 Å². The van der Waals surface area contributed by atoms with Crippen molar-refractivity contribution in [3.8, 4) is 11.3 Å². The van der Waals surface area contributed by atoms with Crippen LogP contribution >= 0.6 is 15.9 Å². The Labute approximate surface area is 100 Å². The van der Waals surface area contributed by atoms with Gasteiger partial charge in [-0.15, -0.1) is 0 Å². The van der Waals surface area contributed by atoms with E-state index in [4.69, 9.17) is 8.22 Å². The Bertz CT molecular complexity index is 668. The molecular formula is C12H10BrN. The molecule has 2 aromatic rings. The molecule has 0 atom stereocenters. The van der Waals surface area contributed by atoms with E-state index < -0.39 is 24.6 Å².